The fourth-order valence-electron chi connectivity index (χ4n) is 2.99. The largest absolute Gasteiger partial charge is 0.452 e. The number of halogens is 2. The predicted octanol–water partition coefficient (Wildman–Crippen LogP) is 5.40. The number of benzene rings is 2. The van der Waals surface area contributed by atoms with E-state index < -0.39 is 18.5 Å². The average Bonchev–Trinajstić information content (AvgIpc) is 2.80. The van der Waals surface area contributed by atoms with E-state index in [1.165, 1.54) is 0 Å². The van der Waals surface area contributed by atoms with Crippen LogP contribution in [0.1, 0.15) is 10.4 Å². The second kappa shape index (κ2) is 9.12. The topological polar surface area (TPSA) is 81.2 Å². The molecule has 154 valence electrons. The molecule has 0 unspecified atom stereocenters. The molecule has 1 amide bonds. The lowest BCUT2D eigenvalue weighted by Gasteiger charge is -2.11. The van der Waals surface area contributed by atoms with Crippen molar-refractivity contribution in [2.45, 2.75) is 0 Å². The molecule has 0 fully saturated rings. The van der Waals surface area contributed by atoms with Gasteiger partial charge < -0.3 is 10.1 Å². The van der Waals surface area contributed by atoms with Gasteiger partial charge in [-0.25, -0.2) is 9.78 Å². The number of carbonyl (C=O) groups is 2. The summed E-state index contributed by atoms with van der Waals surface area (Å²) in [6, 6.07) is 19.1. The van der Waals surface area contributed by atoms with Gasteiger partial charge in [0, 0.05) is 11.6 Å². The Morgan fingerprint density at radius 2 is 1.65 bits per heavy atom. The number of amides is 1. The van der Waals surface area contributed by atoms with Crippen LogP contribution in [0, 0.1) is 0 Å². The van der Waals surface area contributed by atoms with Crippen molar-refractivity contribution in [1.82, 2.24) is 9.97 Å². The molecular weight excluding hydrogens is 437 g/mol. The minimum atomic E-state index is -0.656. The Morgan fingerprint density at radius 1 is 0.903 bits per heavy atom. The van der Waals surface area contributed by atoms with E-state index in [1.807, 2.05) is 12.1 Å². The van der Waals surface area contributed by atoms with Gasteiger partial charge in [0.05, 0.1) is 38.2 Å². The lowest BCUT2D eigenvalue weighted by molar-refractivity contribution is -0.119. The van der Waals surface area contributed by atoms with Crippen molar-refractivity contribution in [2.24, 2.45) is 0 Å². The molecule has 0 saturated carbocycles. The zero-order valence-electron chi connectivity index (χ0n) is 16.0. The van der Waals surface area contributed by atoms with Gasteiger partial charge in [0.25, 0.3) is 5.91 Å². The molecule has 8 heteroatoms. The average molecular weight is 452 g/mol. The summed E-state index contributed by atoms with van der Waals surface area (Å²) in [5.41, 5.74) is 2.31. The molecule has 2 heterocycles. The third-order valence-corrected chi connectivity index (χ3v) is 5.05. The highest BCUT2D eigenvalue weighted by Crippen LogP contribution is 2.29. The lowest BCUT2D eigenvalue weighted by Crippen LogP contribution is -2.21. The summed E-state index contributed by atoms with van der Waals surface area (Å²) in [6.07, 6.45) is 1.65. The number of hydrogen-bond donors (Lipinski definition) is 1. The molecule has 31 heavy (non-hydrogen) atoms. The van der Waals surface area contributed by atoms with Gasteiger partial charge in [-0.15, -0.1) is 0 Å². The standard InChI is InChI=1S/C23H15Cl2N3O3/c24-16-7-5-8-17(25)22(16)28-21(29)13-31-23(30)15-12-20(19-10-3-4-11-26-19)27-18-9-2-1-6-14(15)18/h1-12H,13H2,(H,28,29). The van der Waals surface area contributed by atoms with E-state index in [1.54, 1.807) is 60.8 Å². The highest BCUT2D eigenvalue weighted by molar-refractivity contribution is 6.39. The molecule has 0 atom stereocenters. The van der Waals surface area contributed by atoms with E-state index in [4.69, 9.17) is 27.9 Å². The molecule has 4 aromatic rings. The van der Waals surface area contributed by atoms with Crippen LogP contribution in [0.2, 0.25) is 10.0 Å². The Balaban J connectivity index is 1.57. The fraction of sp³-hybridized carbons (Fsp3) is 0.0435. The van der Waals surface area contributed by atoms with Gasteiger partial charge in [0.15, 0.2) is 6.61 Å². The van der Waals surface area contributed by atoms with Crippen molar-refractivity contribution in [3.63, 3.8) is 0 Å². The minimum absolute atomic E-state index is 0.263. The molecule has 0 aliphatic carbocycles. The normalized spacial score (nSPS) is 10.6. The van der Waals surface area contributed by atoms with E-state index in [-0.39, 0.29) is 21.3 Å². The summed E-state index contributed by atoms with van der Waals surface area (Å²) in [5.74, 6) is -1.22. The number of para-hydroxylation sites is 2. The van der Waals surface area contributed by atoms with Gasteiger partial charge in [0.1, 0.15) is 0 Å². The predicted molar refractivity (Wildman–Crippen MR) is 120 cm³/mol. The van der Waals surface area contributed by atoms with E-state index in [2.05, 4.69) is 15.3 Å². The highest BCUT2D eigenvalue weighted by Gasteiger charge is 2.17. The molecule has 1 N–H and O–H groups in total. The monoisotopic (exact) mass is 451 g/mol. The second-order valence-corrected chi connectivity index (χ2v) is 7.32. The number of rotatable bonds is 5. The zero-order valence-corrected chi connectivity index (χ0v) is 17.5. The molecule has 2 aromatic heterocycles. The maximum Gasteiger partial charge on any atom is 0.339 e. The SMILES string of the molecule is O=C(COC(=O)c1cc(-c2ccccn2)nc2ccccc12)Nc1c(Cl)cccc1Cl. The van der Waals surface area contributed by atoms with Crippen LogP contribution in [0.4, 0.5) is 5.69 Å². The fourth-order valence-corrected chi connectivity index (χ4v) is 3.48. The first-order chi connectivity index (χ1) is 15.0. The van der Waals surface area contributed by atoms with Crippen LogP contribution in [0.25, 0.3) is 22.3 Å². The molecule has 2 aromatic carbocycles. The molecule has 6 nitrogen and oxygen atoms in total. The van der Waals surface area contributed by atoms with E-state index in [0.717, 1.165) is 0 Å². The smallest absolute Gasteiger partial charge is 0.339 e. The first-order valence-electron chi connectivity index (χ1n) is 9.25. The summed E-state index contributed by atoms with van der Waals surface area (Å²) in [7, 11) is 0. The summed E-state index contributed by atoms with van der Waals surface area (Å²) in [5, 5.41) is 3.74. The molecular formula is C23H15Cl2N3O3. The van der Waals surface area contributed by atoms with Gasteiger partial charge in [0.2, 0.25) is 0 Å². The van der Waals surface area contributed by atoms with Crippen molar-refractivity contribution in [2.75, 3.05) is 11.9 Å². The number of carbonyl (C=O) groups excluding carboxylic acids is 2. The molecule has 4 rings (SSSR count). The van der Waals surface area contributed by atoms with E-state index >= 15 is 0 Å². The van der Waals surface area contributed by atoms with Crippen LogP contribution in [-0.2, 0) is 9.53 Å². The van der Waals surface area contributed by atoms with Crippen LogP contribution >= 0.6 is 23.2 Å². The third-order valence-electron chi connectivity index (χ3n) is 4.42. The van der Waals surface area contributed by atoms with Crippen molar-refractivity contribution in [3.05, 3.63) is 88.5 Å². The Hall–Kier alpha value is -3.48. The maximum absolute atomic E-state index is 12.8. The molecule has 0 saturated heterocycles. The molecule has 0 spiro atoms. The lowest BCUT2D eigenvalue weighted by atomic mass is 10.1. The molecule has 0 radical (unpaired) electrons. The summed E-state index contributed by atoms with van der Waals surface area (Å²) in [6.45, 7) is -0.504. The van der Waals surface area contributed by atoms with Gasteiger partial charge >= 0.3 is 5.97 Å². The summed E-state index contributed by atoms with van der Waals surface area (Å²) < 4.78 is 5.26. The number of aromatic nitrogens is 2. The molecule has 0 aliphatic rings. The highest BCUT2D eigenvalue weighted by atomic mass is 35.5. The van der Waals surface area contributed by atoms with Gasteiger partial charge in [-0.1, -0.05) is 53.5 Å². The number of nitrogens with zero attached hydrogens (tertiary/aromatic N) is 2. The number of nitrogens with one attached hydrogen (secondary N) is 1. The Labute approximate surface area is 187 Å². The Morgan fingerprint density at radius 3 is 2.39 bits per heavy atom. The van der Waals surface area contributed by atoms with Crippen molar-refractivity contribution in [3.8, 4) is 11.4 Å². The van der Waals surface area contributed by atoms with Crippen molar-refractivity contribution >= 4 is 51.7 Å². The first-order valence-corrected chi connectivity index (χ1v) is 10.0. The van der Waals surface area contributed by atoms with Gasteiger partial charge in [-0.05, 0) is 36.4 Å². The van der Waals surface area contributed by atoms with Crippen LogP contribution in [0.5, 0.6) is 0 Å². The van der Waals surface area contributed by atoms with Gasteiger partial charge in [-0.2, -0.15) is 0 Å². The first kappa shape index (κ1) is 20.8. The van der Waals surface area contributed by atoms with E-state index in [0.29, 0.717) is 22.3 Å². The minimum Gasteiger partial charge on any atom is -0.452 e. The number of ether oxygens (including phenoxy) is 1. The van der Waals surface area contributed by atoms with Crippen LogP contribution in [0.3, 0.4) is 0 Å². The molecule has 0 bridgehead atoms. The third kappa shape index (κ3) is 4.66. The van der Waals surface area contributed by atoms with Crippen molar-refractivity contribution < 1.29 is 14.3 Å². The van der Waals surface area contributed by atoms with Gasteiger partial charge in [-0.3, -0.25) is 9.78 Å². The summed E-state index contributed by atoms with van der Waals surface area (Å²) >= 11 is 12.1. The summed E-state index contributed by atoms with van der Waals surface area (Å²) in [4.78, 5) is 34.0. The quantitative estimate of drug-likeness (QED) is 0.410. The van der Waals surface area contributed by atoms with Crippen molar-refractivity contribution in [1.29, 1.82) is 0 Å². The van der Waals surface area contributed by atoms with E-state index in [9.17, 15) is 9.59 Å². The Bertz CT molecular complexity index is 1260. The number of pyridine rings is 2. The Kier molecular flexibility index (Phi) is 6.11. The van der Waals surface area contributed by atoms with Crippen LogP contribution in [0.15, 0.2) is 72.9 Å². The maximum atomic E-state index is 12.8. The number of esters is 1. The molecule has 0 aliphatic heterocycles. The number of fused-ring (bicyclic) bond motifs is 1. The van der Waals surface area contributed by atoms with Crippen LogP contribution < -0.4 is 5.32 Å². The second-order valence-electron chi connectivity index (χ2n) is 6.51. The number of hydrogen-bond acceptors (Lipinski definition) is 5. The zero-order chi connectivity index (χ0) is 21.8. The number of anilines is 1. The van der Waals surface area contributed by atoms with Crippen LogP contribution in [-0.4, -0.2) is 28.5 Å².